The normalized spacial score (nSPS) is 10.8. The lowest BCUT2D eigenvalue weighted by atomic mass is 10.1. The van der Waals surface area contributed by atoms with Crippen molar-refractivity contribution in [2.45, 2.75) is 13.8 Å². The number of nitrogen functional groups attached to an aromatic ring is 1. The Kier molecular flexibility index (Phi) is 3.38. The van der Waals surface area contributed by atoms with Crippen molar-refractivity contribution >= 4 is 33.9 Å². The smallest absolute Gasteiger partial charge is 0.136 e. The molecule has 0 spiro atoms. The van der Waals surface area contributed by atoms with Gasteiger partial charge in [0.1, 0.15) is 5.82 Å². The molecule has 0 fully saturated rings. The molecule has 3 nitrogen and oxygen atoms in total. The molecule has 0 aliphatic heterocycles. The van der Waals surface area contributed by atoms with Crippen LogP contribution in [0.1, 0.15) is 13.8 Å². The monoisotopic (exact) mass is 249 g/mol. The van der Waals surface area contributed by atoms with Crippen LogP contribution in [0, 0.1) is 0 Å². The number of rotatable bonds is 3. The van der Waals surface area contributed by atoms with Crippen molar-refractivity contribution in [1.29, 1.82) is 0 Å². The summed E-state index contributed by atoms with van der Waals surface area (Å²) in [6, 6.07) is 5.62. The quantitative estimate of drug-likeness (QED) is 0.849. The number of anilines is 2. The van der Waals surface area contributed by atoms with Gasteiger partial charge in [-0.05, 0) is 32.0 Å². The Balaban J connectivity index is 2.72. The Hall–Kier alpha value is -1.48. The highest BCUT2D eigenvalue weighted by molar-refractivity contribution is 6.32. The van der Waals surface area contributed by atoms with Crippen LogP contribution < -0.4 is 10.6 Å². The molecular weight excluding hydrogens is 234 g/mol. The fraction of sp³-hybridized carbons (Fsp3) is 0.308. The highest BCUT2D eigenvalue weighted by Gasteiger charge is 2.10. The third-order valence-corrected chi connectivity index (χ3v) is 3.14. The molecule has 0 amide bonds. The Morgan fingerprint density at radius 3 is 2.59 bits per heavy atom. The lowest BCUT2D eigenvalue weighted by Gasteiger charge is -2.21. The van der Waals surface area contributed by atoms with E-state index >= 15 is 0 Å². The van der Waals surface area contributed by atoms with Gasteiger partial charge in [0.25, 0.3) is 0 Å². The van der Waals surface area contributed by atoms with Gasteiger partial charge in [-0.15, -0.1) is 0 Å². The molecule has 1 heterocycles. The van der Waals surface area contributed by atoms with Gasteiger partial charge in [0, 0.05) is 40.8 Å². The molecule has 2 aromatic rings. The van der Waals surface area contributed by atoms with Gasteiger partial charge >= 0.3 is 0 Å². The average Bonchev–Trinajstić information content (AvgIpc) is 2.31. The minimum Gasteiger partial charge on any atom is -0.398 e. The first-order valence-electron chi connectivity index (χ1n) is 5.76. The molecule has 0 saturated heterocycles. The molecule has 0 aliphatic carbocycles. The van der Waals surface area contributed by atoms with Crippen LogP contribution in [0.15, 0.2) is 24.4 Å². The Morgan fingerprint density at radius 1 is 1.24 bits per heavy atom. The minimum absolute atomic E-state index is 0.649. The molecule has 1 aromatic heterocycles. The summed E-state index contributed by atoms with van der Waals surface area (Å²) < 4.78 is 0. The molecule has 4 heteroatoms. The molecule has 0 radical (unpaired) electrons. The van der Waals surface area contributed by atoms with Gasteiger partial charge in [-0.25, -0.2) is 4.98 Å². The molecule has 0 saturated carbocycles. The molecule has 1 aromatic carbocycles. The average molecular weight is 250 g/mol. The van der Waals surface area contributed by atoms with E-state index in [0.717, 1.165) is 29.7 Å². The largest absolute Gasteiger partial charge is 0.398 e. The number of benzene rings is 1. The third-order valence-electron chi connectivity index (χ3n) is 2.92. The van der Waals surface area contributed by atoms with Crippen LogP contribution in [0.2, 0.25) is 5.02 Å². The van der Waals surface area contributed by atoms with Crippen molar-refractivity contribution in [2.24, 2.45) is 0 Å². The standard InChI is InChI=1S/C13H16ClN3/c1-3-17(4-2)13-11-7-9(14)8-12(15)10(11)5-6-16-13/h5-8H,3-4,15H2,1-2H3. The molecule has 0 aliphatic rings. The van der Waals surface area contributed by atoms with Crippen molar-refractivity contribution < 1.29 is 0 Å². The summed E-state index contributed by atoms with van der Waals surface area (Å²) in [5.74, 6) is 0.946. The third kappa shape index (κ3) is 2.15. The summed E-state index contributed by atoms with van der Waals surface area (Å²) in [6.45, 7) is 6.04. The van der Waals surface area contributed by atoms with Crippen LogP contribution in [0.5, 0.6) is 0 Å². The lowest BCUT2D eigenvalue weighted by Crippen LogP contribution is -2.23. The van der Waals surface area contributed by atoms with Gasteiger partial charge in [-0.1, -0.05) is 11.6 Å². The van der Waals surface area contributed by atoms with Gasteiger partial charge in [0.2, 0.25) is 0 Å². The number of hydrogen-bond acceptors (Lipinski definition) is 3. The Labute approximate surface area is 106 Å². The first kappa shape index (κ1) is 12.0. The summed E-state index contributed by atoms with van der Waals surface area (Å²) in [5, 5.41) is 2.67. The van der Waals surface area contributed by atoms with E-state index in [1.165, 1.54) is 0 Å². The highest BCUT2D eigenvalue weighted by atomic mass is 35.5. The second-order valence-corrected chi connectivity index (χ2v) is 4.33. The molecule has 2 N–H and O–H groups in total. The van der Waals surface area contributed by atoms with Crippen LogP contribution >= 0.6 is 11.6 Å². The van der Waals surface area contributed by atoms with Crippen LogP contribution in [-0.2, 0) is 0 Å². The fourth-order valence-electron chi connectivity index (χ4n) is 2.04. The minimum atomic E-state index is 0.649. The number of nitrogens with two attached hydrogens (primary N) is 1. The number of nitrogens with zero attached hydrogens (tertiary/aromatic N) is 2. The van der Waals surface area contributed by atoms with Crippen LogP contribution in [0.4, 0.5) is 11.5 Å². The second kappa shape index (κ2) is 4.80. The Bertz CT molecular complexity index is 535. The second-order valence-electron chi connectivity index (χ2n) is 3.90. The summed E-state index contributed by atoms with van der Waals surface area (Å²) in [7, 11) is 0. The maximum atomic E-state index is 6.06. The van der Waals surface area contributed by atoms with E-state index in [-0.39, 0.29) is 0 Å². The predicted molar refractivity (Wildman–Crippen MR) is 74.7 cm³/mol. The topological polar surface area (TPSA) is 42.2 Å². The van der Waals surface area contributed by atoms with Crippen molar-refractivity contribution in [3.05, 3.63) is 29.4 Å². The number of halogens is 1. The number of fused-ring (bicyclic) bond motifs is 1. The highest BCUT2D eigenvalue weighted by Crippen LogP contribution is 2.31. The molecule has 90 valence electrons. The van der Waals surface area contributed by atoms with Gasteiger partial charge in [-0.3, -0.25) is 0 Å². The van der Waals surface area contributed by atoms with Crippen LogP contribution in [0.25, 0.3) is 10.8 Å². The fourth-order valence-corrected chi connectivity index (χ4v) is 2.26. The predicted octanol–water partition coefficient (Wildman–Crippen LogP) is 3.32. The first-order valence-corrected chi connectivity index (χ1v) is 6.13. The van der Waals surface area contributed by atoms with E-state index in [2.05, 4.69) is 23.7 Å². The number of aromatic nitrogens is 1. The van der Waals surface area contributed by atoms with E-state index in [0.29, 0.717) is 10.7 Å². The first-order chi connectivity index (χ1) is 8.17. The zero-order valence-electron chi connectivity index (χ0n) is 10.1. The van der Waals surface area contributed by atoms with Gasteiger partial charge in [0.15, 0.2) is 0 Å². The molecule has 17 heavy (non-hydrogen) atoms. The molecule has 0 atom stereocenters. The number of pyridine rings is 1. The summed E-state index contributed by atoms with van der Waals surface area (Å²) in [4.78, 5) is 6.64. The zero-order valence-corrected chi connectivity index (χ0v) is 10.8. The van der Waals surface area contributed by atoms with Gasteiger partial charge in [-0.2, -0.15) is 0 Å². The SMILES string of the molecule is CCN(CC)c1nccc2c(N)cc(Cl)cc12. The van der Waals surface area contributed by atoms with Crippen molar-refractivity contribution in [1.82, 2.24) is 4.98 Å². The van der Waals surface area contributed by atoms with E-state index in [4.69, 9.17) is 17.3 Å². The zero-order chi connectivity index (χ0) is 12.4. The van der Waals surface area contributed by atoms with E-state index < -0.39 is 0 Å². The summed E-state index contributed by atoms with van der Waals surface area (Å²) in [5.41, 5.74) is 6.68. The molecule has 0 bridgehead atoms. The molecule has 2 rings (SSSR count). The maximum Gasteiger partial charge on any atom is 0.136 e. The molecular formula is C13H16ClN3. The Morgan fingerprint density at radius 2 is 1.94 bits per heavy atom. The lowest BCUT2D eigenvalue weighted by molar-refractivity contribution is 0.852. The van der Waals surface area contributed by atoms with E-state index in [1.807, 2.05) is 12.1 Å². The number of hydrogen-bond donors (Lipinski definition) is 1. The van der Waals surface area contributed by atoms with Gasteiger partial charge in [0.05, 0.1) is 0 Å². The van der Waals surface area contributed by atoms with Gasteiger partial charge < -0.3 is 10.6 Å². The van der Waals surface area contributed by atoms with E-state index in [9.17, 15) is 0 Å². The van der Waals surface area contributed by atoms with Crippen molar-refractivity contribution in [3.63, 3.8) is 0 Å². The van der Waals surface area contributed by atoms with Crippen molar-refractivity contribution in [3.8, 4) is 0 Å². The molecule has 0 unspecified atom stereocenters. The van der Waals surface area contributed by atoms with Crippen LogP contribution in [0.3, 0.4) is 0 Å². The van der Waals surface area contributed by atoms with Crippen molar-refractivity contribution in [2.75, 3.05) is 23.7 Å². The summed E-state index contributed by atoms with van der Waals surface area (Å²) in [6.07, 6.45) is 1.79. The van der Waals surface area contributed by atoms with Crippen LogP contribution in [-0.4, -0.2) is 18.1 Å². The maximum absolute atomic E-state index is 6.06. The summed E-state index contributed by atoms with van der Waals surface area (Å²) >= 11 is 6.06. The van der Waals surface area contributed by atoms with E-state index in [1.54, 1.807) is 12.3 Å².